The van der Waals surface area contributed by atoms with Gasteiger partial charge in [-0.15, -0.1) is 0 Å². The van der Waals surface area contributed by atoms with Crippen LogP contribution < -0.4 is 5.32 Å². The Morgan fingerprint density at radius 3 is 2.59 bits per heavy atom. The van der Waals surface area contributed by atoms with E-state index in [0.29, 0.717) is 31.3 Å². The predicted molar refractivity (Wildman–Crippen MR) is 65.3 cm³/mol. The van der Waals surface area contributed by atoms with E-state index in [0.717, 1.165) is 19.4 Å². The molecule has 4 heteroatoms. The lowest BCUT2D eigenvalue weighted by Gasteiger charge is -2.30. The van der Waals surface area contributed by atoms with Gasteiger partial charge in [0.15, 0.2) is 0 Å². The molecule has 1 aliphatic carbocycles. The van der Waals surface area contributed by atoms with E-state index in [4.69, 9.17) is 0 Å². The molecule has 0 aromatic heterocycles. The molecule has 0 aromatic carbocycles. The molecule has 0 radical (unpaired) electrons. The van der Waals surface area contributed by atoms with E-state index in [1.807, 2.05) is 4.90 Å². The number of nitrogens with zero attached hydrogens (tertiary/aromatic N) is 1. The maximum absolute atomic E-state index is 12.4. The molecule has 96 valence electrons. The van der Waals surface area contributed by atoms with Crippen molar-refractivity contribution in [1.82, 2.24) is 10.2 Å². The first-order valence-corrected chi connectivity index (χ1v) is 6.65. The molecule has 1 saturated carbocycles. The van der Waals surface area contributed by atoms with E-state index in [9.17, 15) is 9.59 Å². The highest BCUT2D eigenvalue weighted by atomic mass is 16.2. The minimum absolute atomic E-state index is 0.00653. The third-order valence-electron chi connectivity index (χ3n) is 3.45. The Morgan fingerprint density at radius 1 is 1.41 bits per heavy atom. The number of amides is 2. The van der Waals surface area contributed by atoms with Crippen molar-refractivity contribution in [1.29, 1.82) is 0 Å². The number of carbonyl (C=O) groups excluding carboxylic acids is 2. The number of hydrogen-bond acceptors (Lipinski definition) is 2. The van der Waals surface area contributed by atoms with Crippen LogP contribution in [0, 0.1) is 11.8 Å². The molecule has 1 atom stereocenters. The highest BCUT2D eigenvalue weighted by Gasteiger charge is 2.36. The van der Waals surface area contributed by atoms with Gasteiger partial charge in [0.05, 0.1) is 5.92 Å². The quantitative estimate of drug-likeness (QED) is 0.799. The van der Waals surface area contributed by atoms with Gasteiger partial charge in [-0.2, -0.15) is 0 Å². The summed E-state index contributed by atoms with van der Waals surface area (Å²) >= 11 is 0. The molecule has 4 nitrogen and oxygen atoms in total. The summed E-state index contributed by atoms with van der Waals surface area (Å²) in [5, 5.41) is 2.79. The summed E-state index contributed by atoms with van der Waals surface area (Å²) in [6.45, 7) is 5.67. The van der Waals surface area contributed by atoms with Crippen LogP contribution in [0.15, 0.2) is 0 Å². The normalized spacial score (nSPS) is 24.6. The summed E-state index contributed by atoms with van der Waals surface area (Å²) in [6, 6.07) is 0.475. The minimum Gasteiger partial charge on any atom is -0.355 e. The molecule has 1 heterocycles. The van der Waals surface area contributed by atoms with Gasteiger partial charge < -0.3 is 10.2 Å². The lowest BCUT2D eigenvalue weighted by molar-refractivity contribution is -0.138. The van der Waals surface area contributed by atoms with Gasteiger partial charge in [-0.1, -0.05) is 13.8 Å². The molecule has 0 bridgehead atoms. The zero-order valence-electron chi connectivity index (χ0n) is 10.7. The summed E-state index contributed by atoms with van der Waals surface area (Å²) < 4.78 is 0. The lowest BCUT2D eigenvalue weighted by atomic mass is 9.97. The Bertz CT molecular complexity index is 301. The fraction of sp³-hybridized carbons (Fsp3) is 0.846. The second kappa shape index (κ2) is 5.07. The van der Waals surface area contributed by atoms with Gasteiger partial charge in [0.2, 0.25) is 11.8 Å². The van der Waals surface area contributed by atoms with Crippen LogP contribution >= 0.6 is 0 Å². The smallest absolute Gasteiger partial charge is 0.227 e. The van der Waals surface area contributed by atoms with Crippen molar-refractivity contribution in [3.63, 3.8) is 0 Å². The molecule has 17 heavy (non-hydrogen) atoms. The lowest BCUT2D eigenvalue weighted by Crippen LogP contribution is -2.46. The number of nitrogens with one attached hydrogen (secondary N) is 1. The summed E-state index contributed by atoms with van der Waals surface area (Å²) in [6.07, 6.45) is 3.51. The highest BCUT2D eigenvalue weighted by molar-refractivity contribution is 5.84. The molecular formula is C13H22N2O2. The molecule has 1 aliphatic heterocycles. The van der Waals surface area contributed by atoms with Crippen molar-refractivity contribution in [2.75, 3.05) is 13.1 Å². The molecule has 2 rings (SSSR count). The summed E-state index contributed by atoms with van der Waals surface area (Å²) in [5.74, 6) is 0.849. The van der Waals surface area contributed by atoms with Crippen LogP contribution in [0.2, 0.25) is 0 Å². The standard InChI is InChI=1S/C13H22N2O2/c1-9(2)8-15(11-4-5-11)13(17)10-3-6-12(16)14-7-10/h9-11H,3-8H2,1-2H3,(H,14,16). The van der Waals surface area contributed by atoms with Crippen LogP contribution in [0.5, 0.6) is 0 Å². The van der Waals surface area contributed by atoms with E-state index in [1.165, 1.54) is 0 Å². The van der Waals surface area contributed by atoms with Crippen LogP contribution in [-0.4, -0.2) is 35.8 Å². The summed E-state index contributed by atoms with van der Waals surface area (Å²) in [5.41, 5.74) is 0. The maximum Gasteiger partial charge on any atom is 0.227 e. The molecule has 2 amide bonds. The maximum atomic E-state index is 12.4. The molecule has 2 aliphatic rings. The monoisotopic (exact) mass is 238 g/mol. The van der Waals surface area contributed by atoms with Gasteiger partial charge in [0.25, 0.3) is 0 Å². The second-order valence-corrected chi connectivity index (χ2v) is 5.66. The van der Waals surface area contributed by atoms with E-state index in [2.05, 4.69) is 19.2 Å². The number of hydrogen-bond donors (Lipinski definition) is 1. The average molecular weight is 238 g/mol. The van der Waals surface area contributed by atoms with Crippen molar-refractivity contribution < 1.29 is 9.59 Å². The highest BCUT2D eigenvalue weighted by Crippen LogP contribution is 2.30. The largest absolute Gasteiger partial charge is 0.355 e. The fourth-order valence-corrected chi connectivity index (χ4v) is 2.38. The first kappa shape index (κ1) is 12.4. The third kappa shape index (κ3) is 3.20. The van der Waals surface area contributed by atoms with E-state index in [1.54, 1.807) is 0 Å². The number of piperidine rings is 1. The van der Waals surface area contributed by atoms with Gasteiger partial charge in [0, 0.05) is 25.6 Å². The first-order valence-electron chi connectivity index (χ1n) is 6.65. The van der Waals surface area contributed by atoms with Crippen LogP contribution in [0.25, 0.3) is 0 Å². The van der Waals surface area contributed by atoms with Crippen molar-refractivity contribution in [2.45, 2.75) is 45.6 Å². The second-order valence-electron chi connectivity index (χ2n) is 5.66. The number of rotatable bonds is 4. The Balaban J connectivity index is 1.93. The van der Waals surface area contributed by atoms with Gasteiger partial charge in [-0.3, -0.25) is 9.59 Å². The van der Waals surface area contributed by atoms with Gasteiger partial charge in [-0.05, 0) is 25.2 Å². The zero-order valence-corrected chi connectivity index (χ0v) is 10.7. The topological polar surface area (TPSA) is 49.4 Å². The fourth-order valence-electron chi connectivity index (χ4n) is 2.38. The van der Waals surface area contributed by atoms with E-state index < -0.39 is 0 Å². The average Bonchev–Trinajstić information content (AvgIpc) is 3.09. The van der Waals surface area contributed by atoms with Crippen LogP contribution in [-0.2, 0) is 9.59 Å². The van der Waals surface area contributed by atoms with Gasteiger partial charge >= 0.3 is 0 Å². The minimum atomic E-state index is 0.00653. The van der Waals surface area contributed by atoms with Crippen molar-refractivity contribution in [3.8, 4) is 0 Å². The SMILES string of the molecule is CC(C)CN(C(=O)C1CCC(=O)NC1)C1CC1. The molecular weight excluding hydrogens is 216 g/mol. The van der Waals surface area contributed by atoms with Crippen molar-refractivity contribution in [3.05, 3.63) is 0 Å². The first-order chi connectivity index (χ1) is 8.08. The van der Waals surface area contributed by atoms with Crippen LogP contribution in [0.3, 0.4) is 0 Å². The molecule has 0 spiro atoms. The molecule has 1 unspecified atom stereocenters. The van der Waals surface area contributed by atoms with Gasteiger partial charge in [-0.25, -0.2) is 0 Å². The van der Waals surface area contributed by atoms with E-state index in [-0.39, 0.29) is 17.7 Å². The van der Waals surface area contributed by atoms with Gasteiger partial charge in [0.1, 0.15) is 0 Å². The molecule has 0 aromatic rings. The Labute approximate surface area is 103 Å². The third-order valence-corrected chi connectivity index (χ3v) is 3.45. The predicted octanol–water partition coefficient (Wildman–Crippen LogP) is 1.16. The Morgan fingerprint density at radius 2 is 2.12 bits per heavy atom. The van der Waals surface area contributed by atoms with Crippen LogP contribution in [0.4, 0.5) is 0 Å². The van der Waals surface area contributed by atoms with E-state index >= 15 is 0 Å². The Hall–Kier alpha value is -1.06. The molecule has 1 N–H and O–H groups in total. The molecule has 2 fully saturated rings. The summed E-state index contributed by atoms with van der Waals surface area (Å²) in [4.78, 5) is 25.5. The van der Waals surface area contributed by atoms with Crippen LogP contribution in [0.1, 0.15) is 39.5 Å². The van der Waals surface area contributed by atoms with Crippen molar-refractivity contribution in [2.24, 2.45) is 11.8 Å². The zero-order chi connectivity index (χ0) is 12.4. The Kier molecular flexibility index (Phi) is 3.69. The summed E-state index contributed by atoms with van der Waals surface area (Å²) in [7, 11) is 0. The van der Waals surface area contributed by atoms with Crippen molar-refractivity contribution >= 4 is 11.8 Å². The molecule has 1 saturated heterocycles. The number of carbonyl (C=O) groups is 2.